The molecule has 1 N–H and O–H groups in total. The molecule has 0 radical (unpaired) electrons. The van der Waals surface area contributed by atoms with E-state index in [4.69, 9.17) is 5.11 Å². The number of benzene rings is 2. The number of carbonyl (C=O) groups is 1. The standard InChI is InChI=1S/C14H11N3O6/c18-14(19)9-15(10-4-2-1-3-5-10)12-7-6-11(16(20)21)8-13(12)17(22)23/h1-8H,9H2,(H,18,19). The van der Waals surface area contributed by atoms with Gasteiger partial charge >= 0.3 is 5.97 Å². The average molecular weight is 317 g/mol. The van der Waals surface area contributed by atoms with Gasteiger partial charge in [-0.1, -0.05) is 18.2 Å². The van der Waals surface area contributed by atoms with Gasteiger partial charge in [-0.3, -0.25) is 25.0 Å². The average Bonchev–Trinajstić information content (AvgIpc) is 2.52. The lowest BCUT2D eigenvalue weighted by atomic mass is 10.2. The second kappa shape index (κ2) is 6.52. The third-order valence-electron chi connectivity index (χ3n) is 3.02. The van der Waals surface area contributed by atoms with Gasteiger partial charge in [0.05, 0.1) is 15.9 Å². The molecule has 0 fully saturated rings. The van der Waals surface area contributed by atoms with E-state index in [2.05, 4.69) is 0 Å². The molecule has 0 unspecified atom stereocenters. The van der Waals surface area contributed by atoms with Crippen LogP contribution in [0.1, 0.15) is 0 Å². The van der Waals surface area contributed by atoms with E-state index in [9.17, 15) is 25.0 Å². The smallest absolute Gasteiger partial charge is 0.323 e. The predicted octanol–water partition coefficient (Wildman–Crippen LogP) is 2.73. The second-order valence-corrected chi connectivity index (χ2v) is 4.50. The number of nitro benzene ring substituents is 2. The Labute approximate surface area is 129 Å². The van der Waals surface area contributed by atoms with Crippen LogP contribution in [0.2, 0.25) is 0 Å². The number of anilines is 2. The number of non-ortho nitro benzene ring substituents is 1. The molecule has 23 heavy (non-hydrogen) atoms. The minimum atomic E-state index is -1.19. The summed E-state index contributed by atoms with van der Waals surface area (Å²) in [5.74, 6) is -1.19. The van der Waals surface area contributed by atoms with Crippen LogP contribution in [0.5, 0.6) is 0 Å². The molecule has 0 bridgehead atoms. The van der Waals surface area contributed by atoms with Gasteiger partial charge in [0.25, 0.3) is 11.4 Å². The van der Waals surface area contributed by atoms with E-state index in [0.717, 1.165) is 12.1 Å². The molecule has 0 aliphatic carbocycles. The lowest BCUT2D eigenvalue weighted by Crippen LogP contribution is -2.25. The molecule has 118 valence electrons. The Bertz CT molecular complexity index is 762. The summed E-state index contributed by atoms with van der Waals surface area (Å²) in [6.45, 7) is -0.525. The maximum Gasteiger partial charge on any atom is 0.323 e. The van der Waals surface area contributed by atoms with Crippen LogP contribution >= 0.6 is 0 Å². The Hall–Kier alpha value is -3.49. The summed E-state index contributed by atoms with van der Waals surface area (Å²) in [5.41, 5.74) is -0.589. The zero-order valence-corrected chi connectivity index (χ0v) is 11.7. The van der Waals surface area contributed by atoms with E-state index < -0.39 is 33.7 Å². The summed E-state index contributed by atoms with van der Waals surface area (Å²) in [6, 6.07) is 11.3. The van der Waals surface area contributed by atoms with Gasteiger partial charge in [0, 0.05) is 11.8 Å². The number of nitrogens with zero attached hydrogens (tertiary/aromatic N) is 3. The Morgan fingerprint density at radius 1 is 1.04 bits per heavy atom. The molecule has 9 nitrogen and oxygen atoms in total. The fourth-order valence-electron chi connectivity index (χ4n) is 2.06. The van der Waals surface area contributed by atoms with Crippen molar-refractivity contribution in [2.75, 3.05) is 11.4 Å². The molecule has 0 aliphatic heterocycles. The van der Waals surface area contributed by atoms with Crippen molar-refractivity contribution >= 4 is 28.7 Å². The van der Waals surface area contributed by atoms with Crippen LogP contribution < -0.4 is 4.90 Å². The summed E-state index contributed by atoms with van der Waals surface area (Å²) in [7, 11) is 0. The van der Waals surface area contributed by atoms with Crippen molar-refractivity contribution in [2.45, 2.75) is 0 Å². The molecule has 0 heterocycles. The molecule has 0 saturated carbocycles. The first-order valence-corrected chi connectivity index (χ1v) is 6.37. The number of hydrogen-bond acceptors (Lipinski definition) is 6. The Morgan fingerprint density at radius 2 is 1.70 bits per heavy atom. The molecule has 9 heteroatoms. The number of aliphatic carboxylic acids is 1. The molecule has 0 atom stereocenters. The number of nitro groups is 2. The first-order chi connectivity index (χ1) is 10.9. The summed E-state index contributed by atoms with van der Waals surface area (Å²) in [6.07, 6.45) is 0. The van der Waals surface area contributed by atoms with Crippen LogP contribution in [0.15, 0.2) is 48.5 Å². The summed E-state index contributed by atoms with van der Waals surface area (Å²) >= 11 is 0. The Morgan fingerprint density at radius 3 is 2.22 bits per heavy atom. The van der Waals surface area contributed by atoms with Crippen molar-refractivity contribution in [3.63, 3.8) is 0 Å². The first-order valence-electron chi connectivity index (χ1n) is 6.37. The zero-order chi connectivity index (χ0) is 17.0. The maximum absolute atomic E-state index is 11.2. The van der Waals surface area contributed by atoms with E-state index >= 15 is 0 Å². The Balaban J connectivity index is 2.60. The quantitative estimate of drug-likeness (QED) is 0.641. The zero-order valence-electron chi connectivity index (χ0n) is 11.7. The van der Waals surface area contributed by atoms with E-state index in [1.54, 1.807) is 30.3 Å². The van der Waals surface area contributed by atoms with Crippen LogP contribution in [0.3, 0.4) is 0 Å². The van der Waals surface area contributed by atoms with Gasteiger partial charge in [0.1, 0.15) is 12.2 Å². The van der Waals surface area contributed by atoms with Crippen LogP contribution in [0.25, 0.3) is 0 Å². The number of rotatable bonds is 6. The normalized spacial score (nSPS) is 10.1. The van der Waals surface area contributed by atoms with Crippen LogP contribution in [0.4, 0.5) is 22.7 Å². The fourth-order valence-corrected chi connectivity index (χ4v) is 2.06. The molecule has 0 saturated heterocycles. The van der Waals surface area contributed by atoms with Crippen molar-refractivity contribution in [1.82, 2.24) is 0 Å². The minimum absolute atomic E-state index is 0.0331. The Kier molecular flexibility index (Phi) is 4.50. The minimum Gasteiger partial charge on any atom is -0.480 e. The highest BCUT2D eigenvalue weighted by Gasteiger charge is 2.25. The fraction of sp³-hybridized carbons (Fsp3) is 0.0714. The number of hydrogen-bond donors (Lipinski definition) is 1. The van der Waals surface area contributed by atoms with Gasteiger partial charge in [-0.25, -0.2) is 0 Å². The van der Waals surface area contributed by atoms with Crippen molar-refractivity contribution in [1.29, 1.82) is 0 Å². The van der Waals surface area contributed by atoms with E-state index in [-0.39, 0.29) is 5.69 Å². The molecular formula is C14H11N3O6. The van der Waals surface area contributed by atoms with Gasteiger partial charge in [-0.2, -0.15) is 0 Å². The van der Waals surface area contributed by atoms with Crippen molar-refractivity contribution < 1.29 is 19.7 Å². The van der Waals surface area contributed by atoms with E-state index in [1.165, 1.54) is 11.0 Å². The predicted molar refractivity (Wildman–Crippen MR) is 80.8 cm³/mol. The highest BCUT2D eigenvalue weighted by atomic mass is 16.6. The molecule has 2 aromatic rings. The largest absolute Gasteiger partial charge is 0.480 e. The summed E-state index contributed by atoms with van der Waals surface area (Å²) in [4.78, 5) is 32.8. The van der Waals surface area contributed by atoms with Gasteiger partial charge in [-0.05, 0) is 18.2 Å². The summed E-state index contributed by atoms with van der Waals surface area (Å²) in [5, 5.41) is 31.1. The van der Waals surface area contributed by atoms with Crippen molar-refractivity contribution in [2.24, 2.45) is 0 Å². The highest BCUT2D eigenvalue weighted by molar-refractivity contribution is 5.82. The van der Waals surface area contributed by atoms with Crippen molar-refractivity contribution in [3.05, 3.63) is 68.8 Å². The molecule has 2 aromatic carbocycles. The molecule has 2 rings (SSSR count). The van der Waals surface area contributed by atoms with E-state index in [1.807, 2.05) is 0 Å². The number of carboxylic acids is 1. The first kappa shape index (κ1) is 15.9. The van der Waals surface area contributed by atoms with Gasteiger partial charge < -0.3 is 10.0 Å². The van der Waals surface area contributed by atoms with Crippen molar-refractivity contribution in [3.8, 4) is 0 Å². The lowest BCUT2D eigenvalue weighted by Gasteiger charge is -2.22. The van der Waals surface area contributed by atoms with Crippen LogP contribution in [-0.4, -0.2) is 27.5 Å². The van der Waals surface area contributed by atoms with Gasteiger partial charge in [0.15, 0.2) is 0 Å². The topological polar surface area (TPSA) is 127 Å². The lowest BCUT2D eigenvalue weighted by molar-refractivity contribution is -0.393. The summed E-state index contributed by atoms with van der Waals surface area (Å²) < 4.78 is 0. The molecular weight excluding hydrogens is 306 g/mol. The van der Waals surface area contributed by atoms with Gasteiger partial charge in [-0.15, -0.1) is 0 Å². The maximum atomic E-state index is 11.2. The molecule has 0 spiro atoms. The number of carboxylic acid groups (broad SMARTS) is 1. The third kappa shape index (κ3) is 3.59. The monoisotopic (exact) mass is 317 g/mol. The van der Waals surface area contributed by atoms with Crippen LogP contribution in [-0.2, 0) is 4.79 Å². The van der Waals surface area contributed by atoms with Gasteiger partial charge in [0.2, 0.25) is 0 Å². The SMILES string of the molecule is O=C(O)CN(c1ccccc1)c1ccc([N+](=O)[O-])cc1[N+](=O)[O-]. The second-order valence-electron chi connectivity index (χ2n) is 4.50. The third-order valence-corrected chi connectivity index (χ3v) is 3.02. The molecule has 0 amide bonds. The van der Waals surface area contributed by atoms with E-state index in [0.29, 0.717) is 5.69 Å². The molecule has 0 aliphatic rings. The number of para-hydroxylation sites is 1. The highest BCUT2D eigenvalue weighted by Crippen LogP contribution is 2.35. The molecule has 0 aromatic heterocycles. The van der Waals surface area contributed by atoms with Crippen LogP contribution in [0, 0.1) is 20.2 Å².